The van der Waals surface area contributed by atoms with Crippen molar-refractivity contribution in [1.29, 1.82) is 0 Å². The summed E-state index contributed by atoms with van der Waals surface area (Å²) >= 11 is 0. The number of carbonyl (C=O) groups excluding carboxylic acids is 1. The second-order valence-corrected chi connectivity index (χ2v) is 9.42. The number of nitrogens with zero attached hydrogens (tertiary/aromatic N) is 4. The second-order valence-electron chi connectivity index (χ2n) is 9.42. The fourth-order valence-electron chi connectivity index (χ4n) is 4.67. The molecule has 0 bridgehead atoms. The molecule has 2 N–H and O–H groups in total. The molecule has 4 aromatic rings. The van der Waals surface area contributed by atoms with Crippen LogP contribution in [0.1, 0.15) is 40.0 Å². The predicted molar refractivity (Wildman–Crippen MR) is 144 cm³/mol. The van der Waals surface area contributed by atoms with Gasteiger partial charge in [-0.3, -0.25) is 4.79 Å². The van der Waals surface area contributed by atoms with E-state index >= 15 is 0 Å². The number of nitrogens with one attached hydrogen (secondary N) is 2. The zero-order chi connectivity index (χ0) is 24.9. The van der Waals surface area contributed by atoms with E-state index in [-0.39, 0.29) is 5.91 Å². The molecule has 36 heavy (non-hydrogen) atoms. The highest BCUT2D eigenvalue weighted by molar-refractivity contribution is 6.05. The monoisotopic (exact) mass is 480 g/mol. The summed E-state index contributed by atoms with van der Waals surface area (Å²) in [6.45, 7) is 6.69. The van der Waals surface area contributed by atoms with Crippen LogP contribution in [-0.4, -0.2) is 40.0 Å². The highest BCUT2D eigenvalue weighted by atomic mass is 16.1. The van der Waals surface area contributed by atoms with E-state index in [9.17, 15) is 4.79 Å². The van der Waals surface area contributed by atoms with Crippen molar-refractivity contribution in [2.75, 3.05) is 23.3 Å². The van der Waals surface area contributed by atoms with Crippen molar-refractivity contribution in [3.8, 4) is 5.69 Å². The van der Waals surface area contributed by atoms with Crippen molar-refractivity contribution in [3.05, 3.63) is 101 Å². The number of hydrogen-bond acceptors (Lipinski definition) is 5. The Labute approximate surface area is 212 Å². The molecule has 0 spiro atoms. The average molecular weight is 481 g/mol. The Morgan fingerprint density at radius 2 is 1.69 bits per heavy atom. The van der Waals surface area contributed by atoms with Crippen LogP contribution >= 0.6 is 0 Å². The molecule has 0 unspecified atom stereocenters. The van der Waals surface area contributed by atoms with Crippen molar-refractivity contribution in [3.63, 3.8) is 0 Å². The molecule has 0 radical (unpaired) electrons. The van der Waals surface area contributed by atoms with Gasteiger partial charge in [0.05, 0.1) is 17.6 Å². The number of rotatable bonds is 7. The van der Waals surface area contributed by atoms with Crippen molar-refractivity contribution in [1.82, 2.24) is 20.3 Å². The van der Waals surface area contributed by atoms with Crippen LogP contribution in [0.25, 0.3) is 5.69 Å². The molecule has 3 aromatic carbocycles. The largest absolute Gasteiger partial charge is 0.371 e. The van der Waals surface area contributed by atoms with Crippen LogP contribution in [0.15, 0.2) is 79.0 Å². The third-order valence-corrected chi connectivity index (χ3v) is 6.71. The lowest BCUT2D eigenvalue weighted by Crippen LogP contribution is -2.42. The first kappa shape index (κ1) is 23.8. The van der Waals surface area contributed by atoms with Crippen molar-refractivity contribution >= 4 is 17.3 Å². The van der Waals surface area contributed by atoms with Gasteiger partial charge in [-0.1, -0.05) is 35.9 Å². The first-order valence-electron chi connectivity index (χ1n) is 12.5. The Morgan fingerprint density at radius 3 is 2.42 bits per heavy atom. The van der Waals surface area contributed by atoms with E-state index in [1.807, 2.05) is 80.7 Å². The molecule has 7 nitrogen and oxygen atoms in total. The van der Waals surface area contributed by atoms with Gasteiger partial charge in [-0.2, -0.15) is 15.0 Å². The van der Waals surface area contributed by atoms with Gasteiger partial charge in [-0.05, 0) is 74.7 Å². The molecule has 184 valence electrons. The Kier molecular flexibility index (Phi) is 7.09. The summed E-state index contributed by atoms with van der Waals surface area (Å²) in [5, 5.41) is 15.6. The number of aromatic nitrogens is 3. The molecule has 1 saturated heterocycles. The van der Waals surface area contributed by atoms with Crippen LogP contribution in [0.4, 0.5) is 11.4 Å². The summed E-state index contributed by atoms with van der Waals surface area (Å²) < 4.78 is 0. The molecule has 0 saturated carbocycles. The molecule has 1 aromatic heterocycles. The van der Waals surface area contributed by atoms with Gasteiger partial charge in [0.1, 0.15) is 0 Å². The summed E-state index contributed by atoms with van der Waals surface area (Å²) in [5.74, 6) is -0.0732. The van der Waals surface area contributed by atoms with Crippen molar-refractivity contribution in [2.45, 2.75) is 39.3 Å². The third kappa shape index (κ3) is 5.63. The normalized spacial score (nSPS) is 14.1. The molecule has 0 aliphatic carbocycles. The Balaban J connectivity index is 1.10. The lowest BCUT2D eigenvalue weighted by molar-refractivity contribution is 0.102. The lowest BCUT2D eigenvalue weighted by Gasteiger charge is -2.34. The lowest BCUT2D eigenvalue weighted by atomic mass is 10.0. The summed E-state index contributed by atoms with van der Waals surface area (Å²) in [7, 11) is 0. The maximum atomic E-state index is 12.7. The smallest absolute Gasteiger partial charge is 0.255 e. The maximum Gasteiger partial charge on any atom is 0.255 e. The highest BCUT2D eigenvalue weighted by Gasteiger charge is 2.19. The van der Waals surface area contributed by atoms with Crippen LogP contribution in [-0.2, 0) is 6.54 Å². The summed E-state index contributed by atoms with van der Waals surface area (Å²) in [6.07, 6.45) is 3.96. The van der Waals surface area contributed by atoms with E-state index in [1.165, 1.54) is 5.69 Å². The molecule has 1 amide bonds. The van der Waals surface area contributed by atoms with Crippen LogP contribution in [0.5, 0.6) is 0 Å². The van der Waals surface area contributed by atoms with Gasteiger partial charge in [0, 0.05) is 42.6 Å². The number of para-hydroxylation sites is 1. The molecular formula is C29H32N6O. The fourth-order valence-corrected chi connectivity index (χ4v) is 4.67. The molecule has 1 fully saturated rings. The zero-order valence-corrected chi connectivity index (χ0v) is 20.8. The number of aryl methyl sites for hydroxylation is 2. The Bertz CT molecular complexity index is 1310. The predicted octanol–water partition coefficient (Wildman–Crippen LogP) is 4.90. The SMILES string of the molecule is Cc1ccc(C(=O)Nc2ccc(N3CCC(NCc4cnn(-c5ccccc5)n4)CC3)cc2)c(C)c1. The summed E-state index contributed by atoms with van der Waals surface area (Å²) in [5.41, 5.74) is 6.76. The van der Waals surface area contributed by atoms with E-state index in [2.05, 4.69) is 37.9 Å². The maximum absolute atomic E-state index is 12.7. The van der Waals surface area contributed by atoms with Gasteiger partial charge < -0.3 is 15.5 Å². The van der Waals surface area contributed by atoms with E-state index in [4.69, 9.17) is 0 Å². The van der Waals surface area contributed by atoms with E-state index in [1.54, 1.807) is 4.80 Å². The second kappa shape index (κ2) is 10.7. The Morgan fingerprint density at radius 1 is 0.944 bits per heavy atom. The standard InChI is InChI=1S/C29H32N6O/c1-21-8-13-28(22(2)18-21)29(36)32-24-9-11-26(12-10-24)34-16-14-23(15-17-34)30-19-25-20-31-35(33-25)27-6-4-3-5-7-27/h3-13,18,20,23,30H,14-17,19H2,1-2H3,(H,32,36). The molecule has 5 rings (SSSR count). The van der Waals surface area contributed by atoms with Crippen molar-refractivity contribution in [2.24, 2.45) is 0 Å². The van der Waals surface area contributed by atoms with Gasteiger partial charge in [0.25, 0.3) is 5.91 Å². The molecular weight excluding hydrogens is 448 g/mol. The Hall–Kier alpha value is -3.97. The minimum Gasteiger partial charge on any atom is -0.371 e. The van der Waals surface area contributed by atoms with Gasteiger partial charge in [0.2, 0.25) is 0 Å². The third-order valence-electron chi connectivity index (χ3n) is 6.71. The highest BCUT2D eigenvalue weighted by Crippen LogP contribution is 2.23. The van der Waals surface area contributed by atoms with Crippen LogP contribution in [0.2, 0.25) is 0 Å². The van der Waals surface area contributed by atoms with Gasteiger partial charge >= 0.3 is 0 Å². The van der Waals surface area contributed by atoms with Gasteiger partial charge in [0.15, 0.2) is 0 Å². The van der Waals surface area contributed by atoms with E-state index < -0.39 is 0 Å². The van der Waals surface area contributed by atoms with Crippen LogP contribution in [0.3, 0.4) is 0 Å². The molecule has 1 aliphatic heterocycles. The first-order chi connectivity index (χ1) is 17.5. The topological polar surface area (TPSA) is 75.1 Å². The minimum atomic E-state index is -0.0732. The molecule has 2 heterocycles. The van der Waals surface area contributed by atoms with Crippen LogP contribution in [0, 0.1) is 13.8 Å². The number of hydrogen-bond donors (Lipinski definition) is 2. The summed E-state index contributed by atoms with van der Waals surface area (Å²) in [4.78, 5) is 16.7. The van der Waals surface area contributed by atoms with Crippen molar-refractivity contribution < 1.29 is 4.79 Å². The van der Waals surface area contributed by atoms with E-state index in [0.29, 0.717) is 18.2 Å². The zero-order valence-electron chi connectivity index (χ0n) is 20.8. The number of piperidine rings is 1. The van der Waals surface area contributed by atoms with E-state index in [0.717, 1.165) is 54.1 Å². The number of amides is 1. The number of benzene rings is 3. The molecule has 7 heteroatoms. The number of anilines is 2. The van der Waals surface area contributed by atoms with Crippen LogP contribution < -0.4 is 15.5 Å². The average Bonchev–Trinajstić information content (AvgIpc) is 3.38. The quantitative estimate of drug-likeness (QED) is 0.394. The van der Waals surface area contributed by atoms with Gasteiger partial charge in [-0.25, -0.2) is 0 Å². The molecule has 0 atom stereocenters. The summed E-state index contributed by atoms with van der Waals surface area (Å²) in [6, 6.07) is 24.5. The molecule has 1 aliphatic rings. The van der Waals surface area contributed by atoms with Gasteiger partial charge in [-0.15, -0.1) is 0 Å². The first-order valence-corrected chi connectivity index (χ1v) is 12.5. The minimum absolute atomic E-state index is 0.0732. The number of carbonyl (C=O) groups is 1. The fraction of sp³-hybridized carbons (Fsp3) is 0.276.